The van der Waals surface area contributed by atoms with Crippen LogP contribution in [0, 0.1) is 0 Å². The van der Waals surface area contributed by atoms with Crippen LogP contribution in [-0.2, 0) is 0 Å². The average molecular weight is 386 g/mol. The number of rotatable bonds is 4. The van der Waals surface area contributed by atoms with Crippen molar-refractivity contribution in [3.05, 3.63) is 78.6 Å². The number of thiazole rings is 1. The van der Waals surface area contributed by atoms with E-state index in [0.717, 1.165) is 31.9 Å². The third-order valence-corrected chi connectivity index (χ3v) is 5.39. The molecule has 0 aliphatic carbocycles. The average Bonchev–Trinajstić information content (AvgIpc) is 3.31. The predicted octanol–water partition coefficient (Wildman–Crippen LogP) is 5.08. The van der Waals surface area contributed by atoms with Gasteiger partial charge in [0.2, 0.25) is 0 Å². The maximum Gasteiger partial charge on any atom is 0.354 e. The smallest absolute Gasteiger partial charge is 0.354 e. The van der Waals surface area contributed by atoms with Crippen molar-refractivity contribution in [2.24, 2.45) is 0 Å². The van der Waals surface area contributed by atoms with Gasteiger partial charge in [0.05, 0.1) is 15.7 Å². The lowest BCUT2D eigenvalue weighted by Gasteiger charge is -2.07. The van der Waals surface area contributed by atoms with Crippen LogP contribution < -0.4 is 5.32 Å². The molecule has 7 heteroatoms. The molecular formula is C21H14N4O2S. The van der Waals surface area contributed by atoms with Crippen LogP contribution in [0.1, 0.15) is 10.5 Å². The van der Waals surface area contributed by atoms with Crippen molar-refractivity contribution in [2.75, 3.05) is 5.32 Å². The number of nitrogens with one attached hydrogen (secondary N) is 1. The zero-order chi connectivity index (χ0) is 19.1. The van der Waals surface area contributed by atoms with Crippen molar-refractivity contribution in [1.82, 2.24) is 14.5 Å². The molecule has 0 radical (unpaired) electrons. The first-order chi connectivity index (χ1) is 13.7. The Labute approximate surface area is 163 Å². The number of aromatic nitrogens is 3. The number of carboxylic acid groups (broad SMARTS) is 1. The van der Waals surface area contributed by atoms with E-state index in [-0.39, 0.29) is 5.69 Å². The summed E-state index contributed by atoms with van der Waals surface area (Å²) in [4.78, 5) is 20.0. The molecule has 6 nitrogen and oxygen atoms in total. The summed E-state index contributed by atoms with van der Waals surface area (Å²) < 4.78 is 3.02. The van der Waals surface area contributed by atoms with Gasteiger partial charge in [0.15, 0.2) is 10.8 Å². The number of hydrogen-bond donors (Lipinski definition) is 2. The molecule has 0 atom stereocenters. The second kappa shape index (κ2) is 6.47. The maximum absolute atomic E-state index is 11.2. The van der Waals surface area contributed by atoms with Crippen LogP contribution in [0.2, 0.25) is 0 Å². The van der Waals surface area contributed by atoms with Gasteiger partial charge in [-0.15, -0.1) is 0 Å². The number of carboxylic acids is 1. The molecule has 0 saturated heterocycles. The van der Waals surface area contributed by atoms with Crippen molar-refractivity contribution in [3.8, 4) is 5.82 Å². The van der Waals surface area contributed by atoms with Gasteiger partial charge in [-0.05, 0) is 48.5 Å². The highest BCUT2D eigenvalue weighted by molar-refractivity contribution is 7.22. The summed E-state index contributed by atoms with van der Waals surface area (Å²) in [6.07, 6.45) is 1.89. The normalized spacial score (nSPS) is 11.1. The van der Waals surface area contributed by atoms with Crippen LogP contribution in [-0.4, -0.2) is 25.6 Å². The topological polar surface area (TPSA) is 80.0 Å². The summed E-state index contributed by atoms with van der Waals surface area (Å²) in [5.41, 5.74) is 2.89. The maximum atomic E-state index is 11.2. The molecule has 28 heavy (non-hydrogen) atoms. The summed E-state index contributed by atoms with van der Waals surface area (Å²) >= 11 is 1.61. The van der Waals surface area contributed by atoms with Crippen molar-refractivity contribution >= 4 is 49.2 Å². The van der Waals surface area contributed by atoms with Gasteiger partial charge in [0.1, 0.15) is 5.82 Å². The number of para-hydroxylation sites is 1. The minimum absolute atomic E-state index is 0.0217. The molecule has 0 fully saturated rings. The number of carbonyl (C=O) groups is 1. The Balaban J connectivity index is 1.49. The molecule has 0 unspecified atom stereocenters. The molecule has 0 amide bonds. The van der Waals surface area contributed by atoms with Gasteiger partial charge in [-0.1, -0.05) is 29.5 Å². The van der Waals surface area contributed by atoms with Crippen LogP contribution in [0.15, 0.2) is 72.9 Å². The van der Waals surface area contributed by atoms with E-state index in [1.54, 1.807) is 23.5 Å². The first kappa shape index (κ1) is 16.5. The number of pyridine rings is 1. The van der Waals surface area contributed by atoms with Crippen molar-refractivity contribution < 1.29 is 9.90 Å². The van der Waals surface area contributed by atoms with Gasteiger partial charge in [-0.2, -0.15) is 0 Å². The number of hydrogen-bond acceptors (Lipinski definition) is 5. The van der Waals surface area contributed by atoms with Crippen LogP contribution >= 0.6 is 11.3 Å². The molecule has 2 N–H and O–H groups in total. The summed E-state index contributed by atoms with van der Waals surface area (Å²) in [6, 6.07) is 21.0. The Morgan fingerprint density at radius 3 is 2.75 bits per heavy atom. The van der Waals surface area contributed by atoms with Crippen LogP contribution in [0.3, 0.4) is 0 Å². The minimum atomic E-state index is -1.04. The molecule has 0 aliphatic heterocycles. The Bertz CT molecular complexity index is 1310. The highest BCUT2D eigenvalue weighted by Gasteiger charge is 2.10. The molecular weight excluding hydrogens is 372 g/mol. The molecule has 3 heterocycles. The Kier molecular flexibility index (Phi) is 3.80. The molecule has 0 spiro atoms. The van der Waals surface area contributed by atoms with Crippen LogP contribution in [0.5, 0.6) is 0 Å². The minimum Gasteiger partial charge on any atom is -0.477 e. The molecule has 0 aliphatic rings. The van der Waals surface area contributed by atoms with Crippen molar-refractivity contribution in [1.29, 1.82) is 0 Å². The number of nitrogens with zero attached hydrogens (tertiary/aromatic N) is 3. The van der Waals surface area contributed by atoms with Gasteiger partial charge in [0.25, 0.3) is 0 Å². The third kappa shape index (κ3) is 2.87. The number of anilines is 2. The Morgan fingerprint density at radius 1 is 1.00 bits per heavy atom. The lowest BCUT2D eigenvalue weighted by molar-refractivity contribution is 0.0690. The van der Waals surface area contributed by atoms with Gasteiger partial charge in [-0.25, -0.2) is 14.8 Å². The highest BCUT2D eigenvalue weighted by atomic mass is 32.1. The van der Waals surface area contributed by atoms with E-state index in [2.05, 4.69) is 21.4 Å². The van der Waals surface area contributed by atoms with E-state index in [4.69, 9.17) is 5.11 Å². The Hall–Kier alpha value is -3.71. The van der Waals surface area contributed by atoms with Gasteiger partial charge in [0, 0.05) is 17.3 Å². The van der Waals surface area contributed by atoms with Crippen LogP contribution in [0.4, 0.5) is 10.8 Å². The fourth-order valence-corrected chi connectivity index (χ4v) is 4.03. The Morgan fingerprint density at radius 2 is 1.89 bits per heavy atom. The molecule has 3 aromatic heterocycles. The third-order valence-electron chi connectivity index (χ3n) is 4.44. The van der Waals surface area contributed by atoms with Gasteiger partial charge in [-0.3, -0.25) is 0 Å². The first-order valence-corrected chi connectivity index (χ1v) is 9.43. The number of benzene rings is 2. The standard InChI is InChI=1S/C21H14N4O2S/c26-20(27)16-5-3-7-19(23-16)25-11-10-13-12-14(8-9-17(13)25)22-21-24-15-4-1-2-6-18(15)28-21/h1-12H,(H,22,24)(H,26,27). The van der Waals surface area contributed by atoms with Crippen molar-refractivity contribution in [3.63, 3.8) is 0 Å². The largest absolute Gasteiger partial charge is 0.477 e. The lowest BCUT2D eigenvalue weighted by atomic mass is 10.2. The highest BCUT2D eigenvalue weighted by Crippen LogP contribution is 2.30. The summed E-state index contributed by atoms with van der Waals surface area (Å²) in [5, 5.41) is 14.4. The zero-order valence-corrected chi connectivity index (χ0v) is 15.4. The summed E-state index contributed by atoms with van der Waals surface area (Å²) in [5.74, 6) is -0.470. The van der Waals surface area contributed by atoms with E-state index in [9.17, 15) is 4.79 Å². The monoisotopic (exact) mass is 386 g/mol. The molecule has 0 bridgehead atoms. The fraction of sp³-hybridized carbons (Fsp3) is 0. The van der Waals surface area contributed by atoms with Crippen LogP contribution in [0.25, 0.3) is 26.9 Å². The summed E-state index contributed by atoms with van der Waals surface area (Å²) in [6.45, 7) is 0. The van der Waals surface area contributed by atoms with Gasteiger partial charge < -0.3 is 15.0 Å². The van der Waals surface area contributed by atoms with Gasteiger partial charge >= 0.3 is 5.97 Å². The van der Waals surface area contributed by atoms with E-state index < -0.39 is 5.97 Å². The second-order valence-electron chi connectivity index (χ2n) is 6.26. The number of aromatic carboxylic acids is 1. The molecule has 2 aromatic carbocycles. The molecule has 5 aromatic rings. The SMILES string of the molecule is O=C(O)c1cccc(-n2ccc3cc(Nc4nc5ccccc5s4)ccc32)n1. The summed E-state index contributed by atoms with van der Waals surface area (Å²) in [7, 11) is 0. The van der Waals surface area contributed by atoms with E-state index in [0.29, 0.717) is 5.82 Å². The van der Waals surface area contributed by atoms with E-state index in [1.165, 1.54) is 6.07 Å². The van der Waals surface area contributed by atoms with Crippen molar-refractivity contribution in [2.45, 2.75) is 0 Å². The predicted molar refractivity (Wildman–Crippen MR) is 111 cm³/mol. The number of fused-ring (bicyclic) bond motifs is 2. The van der Waals surface area contributed by atoms with E-state index >= 15 is 0 Å². The second-order valence-corrected chi connectivity index (χ2v) is 7.29. The lowest BCUT2D eigenvalue weighted by Crippen LogP contribution is -2.04. The molecule has 0 saturated carbocycles. The molecule has 5 rings (SSSR count). The quantitative estimate of drug-likeness (QED) is 0.450. The fourth-order valence-electron chi connectivity index (χ4n) is 3.15. The molecule has 136 valence electrons. The zero-order valence-electron chi connectivity index (χ0n) is 14.5. The first-order valence-electron chi connectivity index (χ1n) is 8.62. The van der Waals surface area contributed by atoms with E-state index in [1.807, 2.05) is 53.2 Å².